The molecule has 130 valence electrons. The number of methoxy groups -OCH3 is 1. The Balaban J connectivity index is 1.83. The SMILES string of the molecule is COC1C[C@H](n2ccc3ccccc3c2=S)O[C@@H]1COC(C)(C)C. The highest BCUT2D eigenvalue weighted by molar-refractivity contribution is 7.71. The number of fused-ring (bicyclic) bond motifs is 1. The maximum atomic E-state index is 6.22. The summed E-state index contributed by atoms with van der Waals surface area (Å²) in [5.41, 5.74) is -0.195. The van der Waals surface area contributed by atoms with Crippen molar-refractivity contribution in [3.8, 4) is 0 Å². The molecule has 3 rings (SSSR count). The lowest BCUT2D eigenvalue weighted by Crippen LogP contribution is -2.32. The molecule has 1 unspecified atom stereocenters. The molecule has 0 amide bonds. The predicted molar refractivity (Wildman–Crippen MR) is 97.8 cm³/mol. The van der Waals surface area contributed by atoms with Crippen LogP contribution in [0.5, 0.6) is 0 Å². The second kappa shape index (κ2) is 6.92. The molecule has 4 nitrogen and oxygen atoms in total. The zero-order valence-electron chi connectivity index (χ0n) is 14.7. The number of aromatic nitrogens is 1. The first-order valence-corrected chi connectivity index (χ1v) is 8.72. The second-order valence-electron chi connectivity index (χ2n) is 7.18. The van der Waals surface area contributed by atoms with Crippen molar-refractivity contribution in [3.05, 3.63) is 41.2 Å². The third-order valence-corrected chi connectivity index (χ3v) is 4.75. The molecule has 1 aliphatic heterocycles. The van der Waals surface area contributed by atoms with Crippen LogP contribution in [0.2, 0.25) is 0 Å². The Morgan fingerprint density at radius 3 is 2.71 bits per heavy atom. The largest absolute Gasteiger partial charge is 0.378 e. The summed E-state index contributed by atoms with van der Waals surface area (Å²) in [5, 5.41) is 2.22. The van der Waals surface area contributed by atoms with Gasteiger partial charge < -0.3 is 18.8 Å². The van der Waals surface area contributed by atoms with Gasteiger partial charge in [-0.1, -0.05) is 36.5 Å². The predicted octanol–water partition coefficient (Wildman–Crippen LogP) is 4.49. The topological polar surface area (TPSA) is 32.6 Å². The highest BCUT2D eigenvalue weighted by atomic mass is 32.1. The summed E-state index contributed by atoms with van der Waals surface area (Å²) in [6.45, 7) is 6.64. The summed E-state index contributed by atoms with van der Waals surface area (Å²) in [7, 11) is 1.72. The number of hydrogen-bond acceptors (Lipinski definition) is 4. The van der Waals surface area contributed by atoms with E-state index in [9.17, 15) is 0 Å². The first kappa shape index (κ1) is 17.5. The molecule has 2 aromatic rings. The molecule has 1 aliphatic rings. The van der Waals surface area contributed by atoms with Crippen LogP contribution in [0.3, 0.4) is 0 Å². The second-order valence-corrected chi connectivity index (χ2v) is 7.56. The zero-order valence-corrected chi connectivity index (χ0v) is 15.5. The first-order valence-electron chi connectivity index (χ1n) is 8.31. The quantitative estimate of drug-likeness (QED) is 0.763. The molecule has 0 aliphatic carbocycles. The van der Waals surface area contributed by atoms with E-state index in [2.05, 4.69) is 18.2 Å². The van der Waals surface area contributed by atoms with Gasteiger partial charge in [0.1, 0.15) is 17.0 Å². The van der Waals surface area contributed by atoms with Gasteiger partial charge in [-0.2, -0.15) is 0 Å². The van der Waals surface area contributed by atoms with E-state index in [1.807, 2.05) is 43.7 Å². The third kappa shape index (κ3) is 3.70. The van der Waals surface area contributed by atoms with Crippen molar-refractivity contribution in [1.82, 2.24) is 4.57 Å². The van der Waals surface area contributed by atoms with Gasteiger partial charge in [-0.05, 0) is 32.2 Å². The Hall–Kier alpha value is -1.27. The number of rotatable bonds is 4. The molecule has 0 saturated carbocycles. The standard InChI is InChI=1S/C19H25NO3S/c1-19(2,3)22-12-16-15(21-4)11-17(23-16)20-10-9-13-7-5-6-8-14(13)18(20)24/h5-10,15-17H,11-12H2,1-4H3/t15?,16-,17-/m1/s1. The van der Waals surface area contributed by atoms with Crippen LogP contribution in [0.4, 0.5) is 0 Å². The van der Waals surface area contributed by atoms with Crippen molar-refractivity contribution in [2.45, 2.75) is 51.2 Å². The van der Waals surface area contributed by atoms with Gasteiger partial charge in [0.25, 0.3) is 0 Å². The lowest BCUT2D eigenvalue weighted by atomic mass is 10.1. The van der Waals surface area contributed by atoms with E-state index in [1.54, 1.807) is 7.11 Å². The molecule has 2 heterocycles. The van der Waals surface area contributed by atoms with Crippen molar-refractivity contribution in [1.29, 1.82) is 0 Å². The van der Waals surface area contributed by atoms with Crippen molar-refractivity contribution in [2.24, 2.45) is 0 Å². The molecule has 0 N–H and O–H groups in total. The van der Waals surface area contributed by atoms with Crippen LogP contribution in [0.1, 0.15) is 33.4 Å². The lowest BCUT2D eigenvalue weighted by molar-refractivity contribution is -0.103. The van der Waals surface area contributed by atoms with Gasteiger partial charge in [-0.3, -0.25) is 0 Å². The molecule has 1 aromatic carbocycles. The fraction of sp³-hybridized carbons (Fsp3) is 0.526. The Morgan fingerprint density at radius 1 is 1.25 bits per heavy atom. The van der Waals surface area contributed by atoms with Crippen LogP contribution < -0.4 is 0 Å². The van der Waals surface area contributed by atoms with E-state index in [-0.39, 0.29) is 24.0 Å². The average molecular weight is 347 g/mol. The molecule has 0 radical (unpaired) electrons. The van der Waals surface area contributed by atoms with E-state index in [4.69, 9.17) is 26.4 Å². The third-order valence-electron chi connectivity index (χ3n) is 4.31. The van der Waals surface area contributed by atoms with Crippen LogP contribution in [0, 0.1) is 4.64 Å². The van der Waals surface area contributed by atoms with E-state index >= 15 is 0 Å². The fourth-order valence-corrected chi connectivity index (χ4v) is 3.40. The van der Waals surface area contributed by atoms with Crippen LogP contribution in [-0.4, -0.2) is 36.1 Å². The van der Waals surface area contributed by atoms with E-state index in [0.29, 0.717) is 6.61 Å². The van der Waals surface area contributed by atoms with Gasteiger partial charge in [0, 0.05) is 25.1 Å². The molecule has 1 aromatic heterocycles. The summed E-state index contributed by atoms with van der Waals surface area (Å²) in [6, 6.07) is 10.2. The summed E-state index contributed by atoms with van der Waals surface area (Å²) in [4.78, 5) is 0. The van der Waals surface area contributed by atoms with Gasteiger partial charge in [-0.15, -0.1) is 0 Å². The van der Waals surface area contributed by atoms with Crippen molar-refractivity contribution >= 4 is 23.0 Å². The van der Waals surface area contributed by atoms with Crippen LogP contribution in [0.25, 0.3) is 10.8 Å². The van der Waals surface area contributed by atoms with Crippen molar-refractivity contribution in [2.75, 3.05) is 13.7 Å². The molecular weight excluding hydrogens is 322 g/mol. The van der Waals surface area contributed by atoms with Crippen molar-refractivity contribution < 1.29 is 14.2 Å². The van der Waals surface area contributed by atoms with Crippen LogP contribution in [0.15, 0.2) is 36.5 Å². The molecule has 1 fully saturated rings. The van der Waals surface area contributed by atoms with Crippen molar-refractivity contribution in [3.63, 3.8) is 0 Å². The minimum absolute atomic E-state index is 0.00530. The Labute approximate surface area is 148 Å². The maximum absolute atomic E-state index is 6.22. The molecular formula is C19H25NO3S. The highest BCUT2D eigenvalue weighted by Crippen LogP contribution is 2.32. The first-order chi connectivity index (χ1) is 11.4. The molecule has 5 heteroatoms. The normalized spacial score (nSPS) is 24.6. The van der Waals surface area contributed by atoms with E-state index < -0.39 is 0 Å². The van der Waals surface area contributed by atoms with Gasteiger partial charge in [-0.25, -0.2) is 0 Å². The van der Waals surface area contributed by atoms with E-state index in [1.165, 1.54) is 0 Å². The smallest absolute Gasteiger partial charge is 0.137 e. The zero-order chi connectivity index (χ0) is 17.3. The number of hydrogen-bond donors (Lipinski definition) is 0. The van der Waals surface area contributed by atoms with E-state index in [0.717, 1.165) is 21.8 Å². The summed E-state index contributed by atoms with van der Waals surface area (Å²) >= 11 is 5.68. The average Bonchev–Trinajstić information content (AvgIpc) is 2.96. The monoisotopic (exact) mass is 347 g/mol. The number of pyridine rings is 1. The highest BCUT2D eigenvalue weighted by Gasteiger charge is 2.37. The summed E-state index contributed by atoms with van der Waals surface area (Å²) in [5.74, 6) is 0. The lowest BCUT2D eigenvalue weighted by Gasteiger charge is -2.24. The minimum Gasteiger partial charge on any atom is -0.378 e. The molecule has 0 bridgehead atoms. The van der Waals surface area contributed by atoms with Crippen LogP contribution >= 0.6 is 12.2 Å². The molecule has 0 spiro atoms. The van der Waals surface area contributed by atoms with Gasteiger partial charge in [0.15, 0.2) is 0 Å². The maximum Gasteiger partial charge on any atom is 0.137 e. The number of benzene rings is 1. The molecule has 24 heavy (non-hydrogen) atoms. The van der Waals surface area contributed by atoms with Gasteiger partial charge >= 0.3 is 0 Å². The van der Waals surface area contributed by atoms with Gasteiger partial charge in [0.2, 0.25) is 0 Å². The number of nitrogens with zero attached hydrogens (tertiary/aromatic N) is 1. The molecule has 1 saturated heterocycles. The van der Waals surface area contributed by atoms with Gasteiger partial charge in [0.05, 0.1) is 18.3 Å². The summed E-state index contributed by atoms with van der Waals surface area (Å²) < 4.78 is 20.6. The Bertz CT molecular complexity index is 765. The Morgan fingerprint density at radius 2 is 2.00 bits per heavy atom. The van der Waals surface area contributed by atoms with Crippen LogP contribution in [-0.2, 0) is 14.2 Å². The number of ether oxygens (including phenoxy) is 3. The fourth-order valence-electron chi connectivity index (χ4n) is 3.03. The Kier molecular flexibility index (Phi) is 5.06. The molecule has 3 atom stereocenters. The summed E-state index contributed by atoms with van der Waals surface area (Å²) in [6.07, 6.45) is 2.56. The minimum atomic E-state index is -0.195.